The molecule has 2 aliphatic rings. The van der Waals surface area contributed by atoms with Gasteiger partial charge in [-0.3, -0.25) is 4.90 Å². The number of likely N-dealkylation sites (tertiary alicyclic amines) is 1. The maximum Gasteiger partial charge on any atom is 0.0972 e. The molecule has 1 aliphatic carbocycles. The lowest BCUT2D eigenvalue weighted by Gasteiger charge is -2.25. The minimum Gasteiger partial charge on any atom is -0.298 e. The maximum absolute atomic E-state index is 12.4. The summed E-state index contributed by atoms with van der Waals surface area (Å²) in [7, 11) is -0.954. The van der Waals surface area contributed by atoms with Gasteiger partial charge in [-0.2, -0.15) is 0 Å². The summed E-state index contributed by atoms with van der Waals surface area (Å²) in [6, 6.07) is 11.1. The lowest BCUT2D eigenvalue weighted by atomic mass is 9.98. The minimum atomic E-state index is -0.954. The van der Waals surface area contributed by atoms with Crippen molar-refractivity contribution in [2.75, 3.05) is 13.1 Å². The lowest BCUT2D eigenvalue weighted by Crippen LogP contribution is -2.42. The van der Waals surface area contributed by atoms with Gasteiger partial charge in [0.1, 0.15) is 0 Å². The van der Waals surface area contributed by atoms with E-state index in [9.17, 15) is 4.21 Å². The Morgan fingerprint density at radius 2 is 1.91 bits per heavy atom. The Morgan fingerprint density at radius 1 is 1.18 bits per heavy atom. The summed E-state index contributed by atoms with van der Waals surface area (Å²) in [5, 5.41) is 0. The maximum atomic E-state index is 12.4. The predicted molar refractivity (Wildman–Crippen MR) is 92.8 cm³/mol. The van der Waals surface area contributed by atoms with E-state index in [1.54, 1.807) is 0 Å². The van der Waals surface area contributed by atoms with Crippen molar-refractivity contribution < 1.29 is 4.21 Å². The summed E-state index contributed by atoms with van der Waals surface area (Å²) in [6.07, 6.45) is 2.45. The number of benzene rings is 1. The molecule has 122 valence electrons. The van der Waals surface area contributed by atoms with Gasteiger partial charge < -0.3 is 0 Å². The van der Waals surface area contributed by atoms with Crippen LogP contribution in [0.5, 0.6) is 0 Å². The fourth-order valence-corrected chi connectivity index (χ4v) is 4.71. The Labute approximate surface area is 137 Å². The third kappa shape index (κ3) is 3.61. The van der Waals surface area contributed by atoms with Gasteiger partial charge >= 0.3 is 0 Å². The van der Waals surface area contributed by atoms with Crippen molar-refractivity contribution in [2.45, 2.75) is 50.9 Å². The first-order valence-corrected chi connectivity index (χ1v) is 9.53. The molecule has 0 amide bonds. The number of rotatable bonds is 4. The van der Waals surface area contributed by atoms with Gasteiger partial charge in [-0.1, -0.05) is 30.3 Å². The van der Waals surface area contributed by atoms with Crippen LogP contribution in [0.1, 0.15) is 39.2 Å². The van der Waals surface area contributed by atoms with E-state index in [1.807, 2.05) is 20.8 Å². The molecule has 1 saturated carbocycles. The SMILES string of the molecule is CC(C)(C)S(=O)N[C@@H]1CC[C@@H]2CN(Cc3ccccc3)C[C@@H]21. The third-order valence-corrected chi connectivity index (χ3v) is 6.63. The molecule has 4 heteroatoms. The molecule has 0 spiro atoms. The largest absolute Gasteiger partial charge is 0.298 e. The number of fused-ring (bicyclic) bond motifs is 1. The van der Waals surface area contributed by atoms with E-state index >= 15 is 0 Å². The molecule has 4 atom stereocenters. The zero-order valence-electron chi connectivity index (χ0n) is 13.9. The quantitative estimate of drug-likeness (QED) is 0.925. The van der Waals surface area contributed by atoms with E-state index in [1.165, 1.54) is 24.9 Å². The Hall–Kier alpha value is -0.710. The van der Waals surface area contributed by atoms with E-state index < -0.39 is 11.0 Å². The molecule has 1 unspecified atom stereocenters. The molecule has 0 aromatic heterocycles. The molecule has 1 saturated heterocycles. The van der Waals surface area contributed by atoms with Crippen molar-refractivity contribution in [1.29, 1.82) is 0 Å². The van der Waals surface area contributed by atoms with Crippen LogP contribution < -0.4 is 4.72 Å². The van der Waals surface area contributed by atoms with Crippen LogP contribution >= 0.6 is 0 Å². The summed E-state index contributed by atoms with van der Waals surface area (Å²) in [6.45, 7) is 9.50. The fraction of sp³-hybridized carbons (Fsp3) is 0.667. The predicted octanol–water partition coefficient (Wildman–Crippen LogP) is 2.95. The van der Waals surface area contributed by atoms with Crippen LogP contribution in [0.4, 0.5) is 0 Å². The van der Waals surface area contributed by atoms with Crippen molar-refractivity contribution in [3.63, 3.8) is 0 Å². The van der Waals surface area contributed by atoms with E-state index in [-0.39, 0.29) is 4.75 Å². The fourth-order valence-electron chi connectivity index (χ4n) is 3.79. The molecule has 3 nitrogen and oxygen atoms in total. The van der Waals surface area contributed by atoms with Gasteiger partial charge in [-0.05, 0) is 51.0 Å². The van der Waals surface area contributed by atoms with Gasteiger partial charge in [-0.25, -0.2) is 8.93 Å². The van der Waals surface area contributed by atoms with Crippen LogP contribution in [0.15, 0.2) is 30.3 Å². The highest BCUT2D eigenvalue weighted by molar-refractivity contribution is 7.84. The van der Waals surface area contributed by atoms with Gasteiger partial charge in [0.15, 0.2) is 0 Å². The van der Waals surface area contributed by atoms with Gasteiger partial charge in [0.25, 0.3) is 0 Å². The van der Waals surface area contributed by atoms with Crippen molar-refractivity contribution in [3.8, 4) is 0 Å². The first-order valence-electron chi connectivity index (χ1n) is 8.38. The van der Waals surface area contributed by atoms with Gasteiger partial charge in [0.05, 0.1) is 15.7 Å². The molecular formula is C18H28N2OS. The monoisotopic (exact) mass is 320 g/mol. The molecule has 1 aromatic rings. The van der Waals surface area contributed by atoms with Crippen LogP contribution in [0.3, 0.4) is 0 Å². The smallest absolute Gasteiger partial charge is 0.0972 e. The topological polar surface area (TPSA) is 32.3 Å². The van der Waals surface area contributed by atoms with E-state index in [4.69, 9.17) is 0 Å². The van der Waals surface area contributed by atoms with E-state index in [0.717, 1.165) is 19.0 Å². The van der Waals surface area contributed by atoms with Crippen LogP contribution in [-0.4, -0.2) is 33.0 Å². The molecule has 1 aromatic carbocycles. The van der Waals surface area contributed by atoms with Crippen molar-refractivity contribution in [3.05, 3.63) is 35.9 Å². The molecule has 1 heterocycles. The average Bonchev–Trinajstić information content (AvgIpc) is 3.00. The zero-order valence-corrected chi connectivity index (χ0v) is 14.7. The Kier molecular flexibility index (Phi) is 4.72. The van der Waals surface area contributed by atoms with E-state index in [0.29, 0.717) is 12.0 Å². The summed E-state index contributed by atoms with van der Waals surface area (Å²) in [4.78, 5) is 2.57. The summed E-state index contributed by atoms with van der Waals surface area (Å²) in [5.74, 6) is 1.44. The molecule has 0 bridgehead atoms. The van der Waals surface area contributed by atoms with Gasteiger partial charge in [-0.15, -0.1) is 0 Å². The second-order valence-corrected chi connectivity index (χ2v) is 9.78. The lowest BCUT2D eigenvalue weighted by molar-refractivity contribution is 0.295. The van der Waals surface area contributed by atoms with Gasteiger partial charge in [0, 0.05) is 25.7 Å². The highest BCUT2D eigenvalue weighted by Crippen LogP contribution is 2.39. The van der Waals surface area contributed by atoms with Crippen LogP contribution in [0.25, 0.3) is 0 Å². The molecule has 3 rings (SSSR count). The van der Waals surface area contributed by atoms with E-state index in [2.05, 4.69) is 40.0 Å². The van der Waals surface area contributed by atoms with Gasteiger partial charge in [0.2, 0.25) is 0 Å². The Balaban J connectivity index is 1.58. The average molecular weight is 321 g/mol. The van der Waals surface area contributed by atoms with Crippen molar-refractivity contribution >= 4 is 11.0 Å². The highest BCUT2D eigenvalue weighted by atomic mass is 32.2. The normalized spacial score (nSPS) is 30.4. The number of hydrogen-bond donors (Lipinski definition) is 1. The summed E-state index contributed by atoms with van der Waals surface area (Å²) < 4.78 is 15.6. The summed E-state index contributed by atoms with van der Waals surface area (Å²) in [5.41, 5.74) is 1.39. The van der Waals surface area contributed by atoms with Crippen LogP contribution in [0, 0.1) is 11.8 Å². The van der Waals surface area contributed by atoms with Crippen molar-refractivity contribution in [2.24, 2.45) is 11.8 Å². The number of hydrogen-bond acceptors (Lipinski definition) is 2. The first-order chi connectivity index (χ1) is 10.4. The minimum absolute atomic E-state index is 0.180. The molecule has 22 heavy (non-hydrogen) atoms. The third-order valence-electron chi connectivity index (χ3n) is 5.00. The number of nitrogens with one attached hydrogen (secondary N) is 1. The number of nitrogens with zero attached hydrogens (tertiary/aromatic N) is 1. The second-order valence-electron chi connectivity index (χ2n) is 7.79. The standard InChI is InChI=1S/C18H28N2OS/c1-18(2,3)22(21)19-17-10-9-15-12-20(13-16(15)17)11-14-7-5-4-6-8-14/h4-8,15-17,19H,9-13H2,1-3H3/t15-,16+,17-,22?/m1/s1. The zero-order chi connectivity index (χ0) is 15.7. The molecule has 2 fully saturated rings. The summed E-state index contributed by atoms with van der Waals surface area (Å²) >= 11 is 0. The molecule has 1 aliphatic heterocycles. The first kappa shape index (κ1) is 16.2. The van der Waals surface area contributed by atoms with Crippen LogP contribution in [0.2, 0.25) is 0 Å². The highest BCUT2D eigenvalue weighted by Gasteiger charge is 2.43. The molecule has 0 radical (unpaired) electrons. The Morgan fingerprint density at radius 3 is 2.59 bits per heavy atom. The van der Waals surface area contributed by atoms with Crippen LogP contribution in [-0.2, 0) is 17.5 Å². The molecule has 1 N–H and O–H groups in total. The Bertz CT molecular complexity index is 526. The van der Waals surface area contributed by atoms with Crippen molar-refractivity contribution in [1.82, 2.24) is 9.62 Å². The second kappa shape index (κ2) is 6.42. The molecular weight excluding hydrogens is 292 g/mol.